The zero-order valence-corrected chi connectivity index (χ0v) is 13.1. The van der Waals surface area contributed by atoms with E-state index < -0.39 is 0 Å². The second-order valence-corrected chi connectivity index (χ2v) is 5.44. The zero-order valence-electron chi connectivity index (χ0n) is 13.1. The Labute approximate surface area is 122 Å². The zero-order chi connectivity index (χ0) is 15.1. The lowest BCUT2D eigenvalue weighted by atomic mass is 10.0. The first-order valence-electron chi connectivity index (χ1n) is 7.20. The van der Waals surface area contributed by atoms with Crippen molar-refractivity contribution in [2.75, 3.05) is 27.2 Å². The van der Waals surface area contributed by atoms with E-state index in [0.29, 0.717) is 13.0 Å². The molecule has 1 aromatic carbocycles. The monoisotopic (exact) mass is 277 g/mol. The molecule has 1 amide bonds. The first kappa shape index (κ1) is 16.7. The van der Waals surface area contributed by atoms with Gasteiger partial charge in [-0.3, -0.25) is 4.79 Å². The fraction of sp³-hybridized carbons (Fsp3) is 0.562. The summed E-state index contributed by atoms with van der Waals surface area (Å²) in [4.78, 5) is 16.5. The van der Waals surface area contributed by atoms with Crippen molar-refractivity contribution in [3.63, 3.8) is 0 Å². The predicted octanol–water partition coefficient (Wildman–Crippen LogP) is 1.49. The van der Waals surface area contributed by atoms with Crippen molar-refractivity contribution in [2.45, 2.75) is 32.9 Å². The van der Waals surface area contributed by atoms with Crippen molar-refractivity contribution in [1.82, 2.24) is 9.80 Å². The third-order valence-electron chi connectivity index (χ3n) is 3.50. The predicted molar refractivity (Wildman–Crippen MR) is 83.4 cm³/mol. The van der Waals surface area contributed by atoms with E-state index in [4.69, 9.17) is 5.73 Å². The van der Waals surface area contributed by atoms with Gasteiger partial charge in [0.1, 0.15) is 0 Å². The maximum absolute atomic E-state index is 12.5. The van der Waals surface area contributed by atoms with E-state index in [1.54, 1.807) is 0 Å². The van der Waals surface area contributed by atoms with Crippen LogP contribution in [0.25, 0.3) is 0 Å². The highest BCUT2D eigenvalue weighted by Crippen LogP contribution is 2.12. The summed E-state index contributed by atoms with van der Waals surface area (Å²) in [6.07, 6.45) is 0.430. The van der Waals surface area contributed by atoms with Crippen LogP contribution in [-0.4, -0.2) is 48.9 Å². The molecule has 0 aliphatic rings. The summed E-state index contributed by atoms with van der Waals surface area (Å²) >= 11 is 0. The van der Waals surface area contributed by atoms with Gasteiger partial charge in [-0.25, -0.2) is 0 Å². The summed E-state index contributed by atoms with van der Waals surface area (Å²) in [6.45, 7) is 6.20. The van der Waals surface area contributed by atoms with Crippen molar-refractivity contribution >= 4 is 5.91 Å². The van der Waals surface area contributed by atoms with Crippen LogP contribution in [0.4, 0.5) is 0 Å². The number of benzene rings is 1. The number of likely N-dealkylation sites (N-methyl/N-ethyl adjacent to an activating group) is 2. The lowest BCUT2D eigenvalue weighted by Gasteiger charge is -2.30. The maximum Gasteiger partial charge on any atom is 0.227 e. The van der Waals surface area contributed by atoms with Gasteiger partial charge in [0.25, 0.3) is 0 Å². The van der Waals surface area contributed by atoms with Crippen molar-refractivity contribution in [1.29, 1.82) is 0 Å². The van der Waals surface area contributed by atoms with Gasteiger partial charge in [-0.1, -0.05) is 24.3 Å². The van der Waals surface area contributed by atoms with Crippen LogP contribution in [0.1, 0.15) is 25.0 Å². The van der Waals surface area contributed by atoms with Crippen LogP contribution in [0.5, 0.6) is 0 Å². The fourth-order valence-corrected chi connectivity index (χ4v) is 2.55. The lowest BCUT2D eigenvalue weighted by molar-refractivity contribution is -0.132. The SMILES string of the molecule is CCN(C(=O)Cc1ccccc1CN)C(C)CN(C)C. The molecule has 4 heteroatoms. The fourth-order valence-electron chi connectivity index (χ4n) is 2.55. The van der Waals surface area contributed by atoms with Gasteiger partial charge < -0.3 is 15.5 Å². The molecule has 0 spiro atoms. The number of carbonyl (C=O) groups is 1. The van der Waals surface area contributed by atoms with Gasteiger partial charge in [0.05, 0.1) is 6.42 Å². The number of nitrogens with two attached hydrogens (primary N) is 1. The van der Waals surface area contributed by atoms with Crippen LogP contribution in [0, 0.1) is 0 Å². The molecule has 4 nitrogen and oxygen atoms in total. The quantitative estimate of drug-likeness (QED) is 0.821. The average Bonchev–Trinajstić information content (AvgIpc) is 2.39. The van der Waals surface area contributed by atoms with Crippen LogP contribution in [0.3, 0.4) is 0 Å². The summed E-state index contributed by atoms with van der Waals surface area (Å²) in [5.41, 5.74) is 7.82. The van der Waals surface area contributed by atoms with Crippen LogP contribution >= 0.6 is 0 Å². The Morgan fingerprint density at radius 2 is 1.85 bits per heavy atom. The molecule has 1 atom stereocenters. The Balaban J connectivity index is 2.77. The van der Waals surface area contributed by atoms with E-state index >= 15 is 0 Å². The van der Waals surface area contributed by atoms with Gasteiger partial charge >= 0.3 is 0 Å². The smallest absolute Gasteiger partial charge is 0.227 e. The Bertz CT molecular complexity index is 431. The molecule has 2 N–H and O–H groups in total. The summed E-state index contributed by atoms with van der Waals surface area (Å²) in [7, 11) is 4.05. The van der Waals surface area contributed by atoms with Crippen LogP contribution in [0.15, 0.2) is 24.3 Å². The van der Waals surface area contributed by atoms with E-state index in [1.165, 1.54) is 0 Å². The molecular weight excluding hydrogens is 250 g/mol. The van der Waals surface area contributed by atoms with Gasteiger partial charge in [-0.15, -0.1) is 0 Å². The molecule has 20 heavy (non-hydrogen) atoms. The highest BCUT2D eigenvalue weighted by Gasteiger charge is 2.19. The van der Waals surface area contributed by atoms with Gasteiger partial charge in [-0.2, -0.15) is 0 Å². The normalized spacial score (nSPS) is 12.5. The molecule has 0 heterocycles. The standard InChI is InChI=1S/C16H27N3O/c1-5-19(13(2)12-18(3)4)16(20)10-14-8-6-7-9-15(14)11-17/h6-9,13H,5,10-12,17H2,1-4H3. The number of hydrogen-bond donors (Lipinski definition) is 1. The minimum atomic E-state index is 0.169. The summed E-state index contributed by atoms with van der Waals surface area (Å²) in [5, 5.41) is 0. The Hall–Kier alpha value is -1.39. The third kappa shape index (κ3) is 4.62. The van der Waals surface area contributed by atoms with Gasteiger partial charge in [0, 0.05) is 25.7 Å². The Morgan fingerprint density at radius 1 is 1.25 bits per heavy atom. The first-order chi connectivity index (χ1) is 9.49. The largest absolute Gasteiger partial charge is 0.339 e. The number of nitrogens with zero attached hydrogens (tertiary/aromatic N) is 2. The number of amides is 1. The van der Waals surface area contributed by atoms with Gasteiger partial charge in [0.2, 0.25) is 5.91 Å². The number of hydrogen-bond acceptors (Lipinski definition) is 3. The maximum atomic E-state index is 12.5. The Morgan fingerprint density at radius 3 is 2.35 bits per heavy atom. The minimum absolute atomic E-state index is 0.169. The van der Waals surface area contributed by atoms with Crippen LogP contribution < -0.4 is 5.73 Å². The topological polar surface area (TPSA) is 49.6 Å². The third-order valence-corrected chi connectivity index (χ3v) is 3.50. The van der Waals surface area contributed by atoms with E-state index in [0.717, 1.165) is 24.2 Å². The molecule has 0 bridgehead atoms. The van der Waals surface area contributed by atoms with Crippen LogP contribution in [0.2, 0.25) is 0 Å². The molecule has 0 aliphatic heterocycles. The molecule has 0 saturated heterocycles. The summed E-state index contributed by atoms with van der Waals surface area (Å²) in [5.74, 6) is 0.169. The molecule has 0 fully saturated rings. The van der Waals surface area contributed by atoms with Gasteiger partial charge in [0.15, 0.2) is 0 Å². The van der Waals surface area contributed by atoms with E-state index in [9.17, 15) is 4.79 Å². The van der Waals surface area contributed by atoms with E-state index in [2.05, 4.69) is 11.8 Å². The Kier molecular flexibility index (Phi) is 6.68. The molecule has 0 aromatic heterocycles. The molecule has 0 saturated carbocycles. The number of rotatable bonds is 7. The van der Waals surface area contributed by atoms with Crippen LogP contribution in [-0.2, 0) is 17.8 Å². The second kappa shape index (κ2) is 8.02. The van der Waals surface area contributed by atoms with Crippen molar-refractivity contribution in [3.8, 4) is 0 Å². The molecule has 0 radical (unpaired) electrons. The molecule has 0 aliphatic carbocycles. The minimum Gasteiger partial charge on any atom is -0.339 e. The average molecular weight is 277 g/mol. The summed E-state index contributed by atoms with van der Waals surface area (Å²) in [6, 6.07) is 8.11. The van der Waals surface area contributed by atoms with Crippen molar-refractivity contribution < 1.29 is 4.79 Å². The van der Waals surface area contributed by atoms with E-state index in [1.807, 2.05) is 50.2 Å². The number of carbonyl (C=O) groups excluding carboxylic acids is 1. The van der Waals surface area contributed by atoms with Crippen molar-refractivity contribution in [3.05, 3.63) is 35.4 Å². The molecule has 1 unspecified atom stereocenters. The summed E-state index contributed by atoms with van der Waals surface area (Å²) < 4.78 is 0. The van der Waals surface area contributed by atoms with E-state index in [-0.39, 0.29) is 11.9 Å². The van der Waals surface area contributed by atoms with Gasteiger partial charge in [-0.05, 0) is 39.1 Å². The molecule has 112 valence electrons. The molecule has 1 rings (SSSR count). The lowest BCUT2D eigenvalue weighted by Crippen LogP contribution is -2.44. The highest BCUT2D eigenvalue weighted by molar-refractivity contribution is 5.79. The first-order valence-corrected chi connectivity index (χ1v) is 7.20. The van der Waals surface area contributed by atoms with Crippen molar-refractivity contribution in [2.24, 2.45) is 5.73 Å². The second-order valence-electron chi connectivity index (χ2n) is 5.44. The molecular formula is C16H27N3O. The highest BCUT2D eigenvalue weighted by atomic mass is 16.2. The molecule has 1 aromatic rings.